The molecule has 1 heterocycles. The third-order valence-electron chi connectivity index (χ3n) is 8.95. The molecule has 0 radical (unpaired) electrons. The summed E-state index contributed by atoms with van der Waals surface area (Å²) in [6.07, 6.45) is 3.16. The predicted molar refractivity (Wildman–Crippen MR) is 143 cm³/mol. The molecule has 0 unspecified atom stereocenters. The first-order valence-electron chi connectivity index (χ1n) is 13.6. The summed E-state index contributed by atoms with van der Waals surface area (Å²) in [5.74, 6) is -2.78. The number of anilines is 1. The van der Waals surface area contributed by atoms with Crippen molar-refractivity contribution in [3.8, 4) is 11.4 Å². The monoisotopic (exact) mass is 573 g/mol. The number of nitrogens with zero attached hydrogens (tertiary/aromatic N) is 2. The quantitative estimate of drug-likeness (QED) is 0.239. The molecule has 0 bridgehead atoms. The third kappa shape index (κ3) is 5.13. The average molecular weight is 574 g/mol. The molecule has 3 aliphatic rings. The zero-order valence-electron chi connectivity index (χ0n) is 22.3. The van der Waals surface area contributed by atoms with Gasteiger partial charge in [-0.05, 0) is 97.7 Å². The number of fused-ring (bicyclic) bond motifs is 4. The van der Waals surface area contributed by atoms with Crippen molar-refractivity contribution in [2.24, 2.45) is 23.2 Å². The van der Waals surface area contributed by atoms with Crippen molar-refractivity contribution in [2.45, 2.75) is 45.4 Å². The van der Waals surface area contributed by atoms with Gasteiger partial charge in [-0.25, -0.2) is 9.07 Å². The minimum atomic E-state index is -4.35. The number of nitrogens with one attached hydrogen (secondary N) is 1. The van der Waals surface area contributed by atoms with E-state index in [0.29, 0.717) is 24.9 Å². The minimum absolute atomic E-state index is 0.0134. The van der Waals surface area contributed by atoms with E-state index in [9.17, 15) is 26.3 Å². The highest BCUT2D eigenvalue weighted by molar-refractivity contribution is 5.64. The summed E-state index contributed by atoms with van der Waals surface area (Å²) in [5.41, 5.74) is 5.00. The standard InChI is InChI=1S/C31H29F6N3O/c1-30-15-18-16-39-40(22-7-3-20(32)4-8-22)28(18)14-19(30)2-11-24-25(27(31(35,36)37)13-12-26(24)30)17-38-21-5-9-23(10-6-21)41-29(33)34/h3-10,12,14,16,24-25,27,29,38H,2,11,13,15,17H2,1H3/t24-,25-,27-,30+/m1/s1. The molecule has 0 aliphatic heterocycles. The molecule has 41 heavy (non-hydrogen) atoms. The van der Waals surface area contributed by atoms with Crippen molar-refractivity contribution in [3.63, 3.8) is 0 Å². The van der Waals surface area contributed by atoms with Crippen molar-refractivity contribution in [1.82, 2.24) is 9.78 Å². The molecule has 216 valence electrons. The Balaban J connectivity index is 1.27. The van der Waals surface area contributed by atoms with E-state index in [0.717, 1.165) is 22.5 Å². The number of alkyl halides is 5. The van der Waals surface area contributed by atoms with Crippen LogP contribution in [0.4, 0.5) is 32.0 Å². The largest absolute Gasteiger partial charge is 0.435 e. The Hall–Kier alpha value is -3.69. The molecule has 0 spiro atoms. The van der Waals surface area contributed by atoms with Gasteiger partial charge in [0.2, 0.25) is 0 Å². The molecule has 1 saturated carbocycles. The molecular weight excluding hydrogens is 544 g/mol. The number of ether oxygens (including phenoxy) is 1. The summed E-state index contributed by atoms with van der Waals surface area (Å²) in [6.45, 7) is -0.729. The first-order valence-corrected chi connectivity index (χ1v) is 13.6. The topological polar surface area (TPSA) is 39.1 Å². The predicted octanol–water partition coefficient (Wildman–Crippen LogP) is 8.21. The van der Waals surface area contributed by atoms with Crippen molar-refractivity contribution in [3.05, 3.63) is 89.0 Å². The molecule has 0 amide bonds. The van der Waals surface area contributed by atoms with Crippen LogP contribution in [0.5, 0.6) is 5.75 Å². The van der Waals surface area contributed by atoms with Crippen molar-refractivity contribution < 1.29 is 31.1 Å². The second-order valence-corrected chi connectivity index (χ2v) is 11.3. The van der Waals surface area contributed by atoms with Gasteiger partial charge in [0.1, 0.15) is 11.6 Å². The summed E-state index contributed by atoms with van der Waals surface area (Å²) in [5, 5.41) is 7.69. The zero-order chi connectivity index (χ0) is 28.9. The van der Waals surface area contributed by atoms with E-state index in [-0.39, 0.29) is 30.5 Å². The smallest absolute Gasteiger partial charge is 0.392 e. The number of benzene rings is 2. The first-order chi connectivity index (χ1) is 19.5. The van der Waals surface area contributed by atoms with E-state index >= 15 is 0 Å². The molecule has 3 aromatic rings. The molecule has 1 aromatic heterocycles. The second-order valence-electron chi connectivity index (χ2n) is 11.3. The van der Waals surface area contributed by atoms with Crippen LogP contribution in [-0.4, -0.2) is 29.1 Å². The number of halogens is 6. The molecule has 6 rings (SSSR count). The SMILES string of the molecule is C[C@]12Cc3cnn(-c4ccc(F)cc4)c3C=C1CC[C@H]1C2=CC[C@@H](C(F)(F)F)[C@@H]1CNc1ccc(OC(F)F)cc1. The highest BCUT2D eigenvalue weighted by Crippen LogP contribution is 2.58. The Morgan fingerprint density at radius 1 is 1.10 bits per heavy atom. The van der Waals surface area contributed by atoms with Gasteiger partial charge in [0, 0.05) is 17.6 Å². The van der Waals surface area contributed by atoms with Gasteiger partial charge in [-0.15, -0.1) is 0 Å². The molecule has 0 saturated heterocycles. The number of hydrogen-bond donors (Lipinski definition) is 1. The Kier molecular flexibility index (Phi) is 6.90. The van der Waals surface area contributed by atoms with Crippen LogP contribution in [0.25, 0.3) is 11.8 Å². The fourth-order valence-electron chi connectivity index (χ4n) is 6.98. The highest BCUT2D eigenvalue weighted by Gasteiger charge is 2.54. The summed E-state index contributed by atoms with van der Waals surface area (Å²) in [7, 11) is 0. The van der Waals surface area contributed by atoms with Crippen LogP contribution in [-0.2, 0) is 6.42 Å². The second kappa shape index (κ2) is 10.3. The molecule has 2 aromatic carbocycles. The van der Waals surface area contributed by atoms with E-state index in [1.54, 1.807) is 23.0 Å². The Labute approximate surface area is 233 Å². The number of hydrogen-bond acceptors (Lipinski definition) is 3. The molecular formula is C31H29F6N3O. The van der Waals surface area contributed by atoms with E-state index in [2.05, 4.69) is 28.2 Å². The fraction of sp³-hybridized carbons (Fsp3) is 0.387. The lowest BCUT2D eigenvalue weighted by molar-refractivity contribution is -0.193. The Bertz CT molecular complexity index is 1470. The molecule has 1 fully saturated rings. The molecule has 3 aliphatic carbocycles. The average Bonchev–Trinajstić information content (AvgIpc) is 3.32. The first kappa shape index (κ1) is 27.5. The maximum atomic E-state index is 14.3. The number of aromatic nitrogens is 2. The molecule has 4 nitrogen and oxygen atoms in total. The van der Waals surface area contributed by atoms with Crippen LogP contribution < -0.4 is 10.1 Å². The lowest BCUT2D eigenvalue weighted by atomic mass is 9.54. The molecule has 10 heteroatoms. The van der Waals surface area contributed by atoms with E-state index in [4.69, 9.17) is 0 Å². The van der Waals surface area contributed by atoms with Gasteiger partial charge in [0.25, 0.3) is 0 Å². The Morgan fingerprint density at radius 3 is 2.51 bits per heavy atom. The third-order valence-corrected chi connectivity index (χ3v) is 8.95. The van der Waals surface area contributed by atoms with Crippen LogP contribution >= 0.6 is 0 Å². The van der Waals surface area contributed by atoms with Crippen LogP contribution in [0.1, 0.15) is 37.4 Å². The summed E-state index contributed by atoms with van der Waals surface area (Å²) in [6, 6.07) is 11.9. The van der Waals surface area contributed by atoms with Crippen molar-refractivity contribution in [1.29, 1.82) is 0 Å². The lowest BCUT2D eigenvalue weighted by Gasteiger charge is -2.51. The Morgan fingerprint density at radius 2 is 1.83 bits per heavy atom. The molecule has 1 N–H and O–H groups in total. The van der Waals surface area contributed by atoms with Crippen LogP contribution in [0.3, 0.4) is 0 Å². The maximum absolute atomic E-state index is 14.3. The molecule has 4 atom stereocenters. The van der Waals surface area contributed by atoms with Crippen LogP contribution in [0.2, 0.25) is 0 Å². The number of allylic oxidation sites excluding steroid dienone is 3. The van der Waals surface area contributed by atoms with Crippen molar-refractivity contribution >= 4 is 11.8 Å². The lowest BCUT2D eigenvalue weighted by Crippen LogP contribution is -2.47. The normalized spacial score (nSPS) is 25.5. The summed E-state index contributed by atoms with van der Waals surface area (Å²) < 4.78 is 87.4. The van der Waals surface area contributed by atoms with Crippen molar-refractivity contribution in [2.75, 3.05) is 11.9 Å². The number of rotatable bonds is 6. The summed E-state index contributed by atoms with van der Waals surface area (Å²) >= 11 is 0. The van der Waals surface area contributed by atoms with Gasteiger partial charge in [0.05, 0.1) is 23.5 Å². The van der Waals surface area contributed by atoms with Crippen LogP contribution in [0.15, 0.2) is 72.0 Å². The van der Waals surface area contributed by atoms with Gasteiger partial charge in [-0.2, -0.15) is 27.1 Å². The van der Waals surface area contributed by atoms with E-state index in [1.165, 1.54) is 42.0 Å². The van der Waals surface area contributed by atoms with E-state index < -0.39 is 30.0 Å². The van der Waals surface area contributed by atoms with Gasteiger partial charge >= 0.3 is 12.8 Å². The van der Waals surface area contributed by atoms with Crippen LogP contribution in [0, 0.1) is 29.0 Å². The van der Waals surface area contributed by atoms with Gasteiger partial charge in [-0.3, -0.25) is 0 Å². The van der Waals surface area contributed by atoms with Gasteiger partial charge in [-0.1, -0.05) is 24.1 Å². The van der Waals surface area contributed by atoms with Gasteiger partial charge < -0.3 is 10.1 Å². The fourth-order valence-corrected chi connectivity index (χ4v) is 6.98. The van der Waals surface area contributed by atoms with Gasteiger partial charge in [0.15, 0.2) is 0 Å². The van der Waals surface area contributed by atoms with E-state index in [1.807, 2.05) is 6.08 Å². The minimum Gasteiger partial charge on any atom is -0.435 e. The highest BCUT2D eigenvalue weighted by atomic mass is 19.4. The zero-order valence-corrected chi connectivity index (χ0v) is 22.3. The maximum Gasteiger partial charge on any atom is 0.392 e. The summed E-state index contributed by atoms with van der Waals surface area (Å²) in [4.78, 5) is 0.